The van der Waals surface area contributed by atoms with Gasteiger partial charge in [-0.2, -0.15) is 0 Å². The van der Waals surface area contributed by atoms with Gasteiger partial charge in [0.15, 0.2) is 5.69 Å². The summed E-state index contributed by atoms with van der Waals surface area (Å²) in [5.74, 6) is -3.81. The summed E-state index contributed by atoms with van der Waals surface area (Å²) in [5, 5.41) is 2.66. The second kappa shape index (κ2) is 10.3. The molecule has 1 fully saturated rings. The number of carbonyl (C=O) groups excluding carboxylic acids is 3. The highest BCUT2D eigenvalue weighted by Crippen LogP contribution is 2.25. The van der Waals surface area contributed by atoms with Crippen molar-refractivity contribution < 1.29 is 23.2 Å². The first-order valence-electron chi connectivity index (χ1n) is 12.2. The minimum absolute atomic E-state index is 0.110. The standard InChI is InChI=1S/C27H29F2N5O4/c1-15(2)21(32-24(36)22-23(35)31-20-8-6-5-7-19(20)30-22)26(38)33-11-12-34(27(3,4)14-33)25(37)17-10-9-16(28)13-18(17)29/h5-10,13,15,21H,11-12,14H2,1-4H3,(H,31,35)(H,32,36)/t21-/m0/s1. The van der Waals surface area contributed by atoms with Crippen LogP contribution < -0.4 is 10.9 Å². The third-order valence-corrected chi connectivity index (χ3v) is 6.65. The van der Waals surface area contributed by atoms with Gasteiger partial charge in [0, 0.05) is 25.7 Å². The van der Waals surface area contributed by atoms with Crippen molar-refractivity contribution >= 4 is 28.8 Å². The smallest absolute Gasteiger partial charge is 0.280 e. The molecule has 1 saturated heterocycles. The van der Waals surface area contributed by atoms with Crippen LogP contribution in [0.2, 0.25) is 0 Å². The van der Waals surface area contributed by atoms with Crippen LogP contribution in [0.4, 0.5) is 8.78 Å². The lowest BCUT2D eigenvalue weighted by Gasteiger charge is -2.48. The van der Waals surface area contributed by atoms with Crippen molar-refractivity contribution in [2.45, 2.75) is 39.3 Å². The van der Waals surface area contributed by atoms with E-state index in [0.29, 0.717) is 17.1 Å². The van der Waals surface area contributed by atoms with Crippen molar-refractivity contribution in [3.63, 3.8) is 0 Å². The molecule has 9 nitrogen and oxygen atoms in total. The van der Waals surface area contributed by atoms with Crippen LogP contribution >= 0.6 is 0 Å². The second-order valence-electron chi connectivity index (χ2n) is 10.3. The average molecular weight is 526 g/mol. The van der Waals surface area contributed by atoms with Crippen LogP contribution in [0.3, 0.4) is 0 Å². The van der Waals surface area contributed by atoms with E-state index >= 15 is 0 Å². The van der Waals surface area contributed by atoms with Gasteiger partial charge in [0.25, 0.3) is 17.4 Å². The molecule has 2 N–H and O–H groups in total. The fraction of sp³-hybridized carbons (Fsp3) is 0.370. The Balaban J connectivity index is 1.51. The molecule has 0 unspecified atom stereocenters. The number of fused-ring (bicyclic) bond motifs is 1. The van der Waals surface area contributed by atoms with Gasteiger partial charge < -0.3 is 20.1 Å². The molecule has 1 aliphatic rings. The van der Waals surface area contributed by atoms with Crippen LogP contribution in [0.25, 0.3) is 11.0 Å². The van der Waals surface area contributed by atoms with E-state index < -0.39 is 40.6 Å². The number of amides is 3. The number of nitrogens with one attached hydrogen (secondary N) is 2. The highest BCUT2D eigenvalue weighted by Gasteiger charge is 2.41. The summed E-state index contributed by atoms with van der Waals surface area (Å²) >= 11 is 0. The lowest BCUT2D eigenvalue weighted by Crippen LogP contribution is -2.64. The van der Waals surface area contributed by atoms with E-state index in [1.54, 1.807) is 52.0 Å². The highest BCUT2D eigenvalue weighted by molar-refractivity contribution is 5.97. The van der Waals surface area contributed by atoms with E-state index in [2.05, 4.69) is 15.3 Å². The second-order valence-corrected chi connectivity index (χ2v) is 10.3. The first-order valence-corrected chi connectivity index (χ1v) is 12.2. The Morgan fingerprint density at radius 2 is 1.79 bits per heavy atom. The van der Waals surface area contributed by atoms with E-state index in [-0.39, 0.29) is 42.7 Å². The Morgan fingerprint density at radius 3 is 2.45 bits per heavy atom. The third kappa shape index (κ3) is 5.27. The molecule has 1 atom stereocenters. The Hall–Kier alpha value is -4.15. The van der Waals surface area contributed by atoms with Gasteiger partial charge in [-0.15, -0.1) is 0 Å². The van der Waals surface area contributed by atoms with Crippen molar-refractivity contribution in [1.29, 1.82) is 0 Å². The zero-order valence-electron chi connectivity index (χ0n) is 21.5. The van der Waals surface area contributed by atoms with Gasteiger partial charge >= 0.3 is 0 Å². The van der Waals surface area contributed by atoms with E-state index in [9.17, 15) is 28.0 Å². The molecular formula is C27H29F2N5O4. The summed E-state index contributed by atoms with van der Waals surface area (Å²) in [4.78, 5) is 61.9. The Morgan fingerprint density at radius 1 is 1.08 bits per heavy atom. The first-order chi connectivity index (χ1) is 17.9. The molecule has 3 aromatic rings. The van der Waals surface area contributed by atoms with Crippen molar-refractivity contribution in [1.82, 2.24) is 25.1 Å². The van der Waals surface area contributed by atoms with E-state index in [0.717, 1.165) is 12.1 Å². The van der Waals surface area contributed by atoms with Gasteiger partial charge in [-0.25, -0.2) is 13.8 Å². The van der Waals surface area contributed by atoms with Gasteiger partial charge in [-0.1, -0.05) is 26.0 Å². The molecule has 11 heteroatoms. The maximum atomic E-state index is 14.3. The minimum atomic E-state index is -0.956. The summed E-state index contributed by atoms with van der Waals surface area (Å²) in [6.07, 6.45) is 0. The number of carbonyl (C=O) groups is 3. The Kier molecular flexibility index (Phi) is 7.30. The van der Waals surface area contributed by atoms with Gasteiger partial charge in [0.2, 0.25) is 5.91 Å². The summed E-state index contributed by atoms with van der Waals surface area (Å²) < 4.78 is 27.6. The van der Waals surface area contributed by atoms with Gasteiger partial charge in [0.05, 0.1) is 22.1 Å². The number of nitrogens with zero attached hydrogens (tertiary/aromatic N) is 3. The molecule has 0 saturated carbocycles. The summed E-state index contributed by atoms with van der Waals surface area (Å²) in [5.41, 5.74) is -1.23. The molecule has 200 valence electrons. The lowest BCUT2D eigenvalue weighted by molar-refractivity contribution is -0.138. The van der Waals surface area contributed by atoms with Crippen molar-refractivity contribution in [3.05, 3.63) is 75.7 Å². The zero-order chi connectivity index (χ0) is 27.8. The summed E-state index contributed by atoms with van der Waals surface area (Å²) in [7, 11) is 0. The van der Waals surface area contributed by atoms with Crippen molar-refractivity contribution in [2.75, 3.05) is 19.6 Å². The third-order valence-electron chi connectivity index (χ3n) is 6.65. The number of aromatic amines is 1. The average Bonchev–Trinajstić information content (AvgIpc) is 2.85. The maximum absolute atomic E-state index is 14.3. The number of hydrogen-bond acceptors (Lipinski definition) is 5. The molecule has 1 aliphatic heterocycles. The number of aromatic nitrogens is 2. The van der Waals surface area contributed by atoms with Crippen molar-refractivity contribution in [3.8, 4) is 0 Å². The van der Waals surface area contributed by atoms with Crippen LogP contribution in [0.1, 0.15) is 48.5 Å². The molecular weight excluding hydrogens is 496 g/mol. The van der Waals surface area contributed by atoms with Gasteiger partial charge in [0.1, 0.15) is 17.7 Å². The number of piperazine rings is 1. The van der Waals surface area contributed by atoms with Gasteiger partial charge in [-0.3, -0.25) is 19.2 Å². The highest BCUT2D eigenvalue weighted by atomic mass is 19.1. The number of para-hydroxylation sites is 2. The molecule has 1 aromatic heterocycles. The number of hydrogen-bond donors (Lipinski definition) is 2. The number of benzene rings is 2. The normalized spacial score (nSPS) is 16.0. The van der Waals surface area contributed by atoms with E-state index in [4.69, 9.17) is 0 Å². The van der Waals surface area contributed by atoms with Crippen LogP contribution in [0.5, 0.6) is 0 Å². The number of rotatable bonds is 5. The SMILES string of the molecule is CC(C)[C@H](NC(=O)c1nc2ccccc2[nH]c1=O)C(=O)N1CCN(C(=O)c2ccc(F)cc2F)C(C)(C)C1. The molecule has 4 rings (SSSR count). The van der Waals surface area contributed by atoms with Crippen molar-refractivity contribution in [2.24, 2.45) is 5.92 Å². The lowest BCUT2D eigenvalue weighted by atomic mass is 9.95. The molecule has 3 amide bonds. The van der Waals surface area contributed by atoms with Crippen LogP contribution in [0, 0.1) is 17.6 Å². The molecule has 0 radical (unpaired) electrons. The summed E-state index contributed by atoms with van der Waals surface area (Å²) in [6.45, 7) is 7.39. The van der Waals surface area contributed by atoms with Gasteiger partial charge in [-0.05, 0) is 44.0 Å². The maximum Gasteiger partial charge on any atom is 0.280 e. The minimum Gasteiger partial charge on any atom is -0.338 e. The largest absolute Gasteiger partial charge is 0.338 e. The van der Waals surface area contributed by atoms with E-state index in [1.807, 2.05) is 0 Å². The Bertz CT molecular complexity index is 1470. The molecule has 38 heavy (non-hydrogen) atoms. The predicted octanol–water partition coefficient (Wildman–Crippen LogP) is 2.72. The monoisotopic (exact) mass is 525 g/mol. The quantitative estimate of drug-likeness (QED) is 0.532. The predicted molar refractivity (Wildman–Crippen MR) is 137 cm³/mol. The molecule has 0 aliphatic carbocycles. The molecule has 2 aromatic carbocycles. The topological polar surface area (TPSA) is 115 Å². The fourth-order valence-corrected chi connectivity index (χ4v) is 4.63. The fourth-order valence-electron chi connectivity index (χ4n) is 4.63. The molecule has 2 heterocycles. The van der Waals surface area contributed by atoms with Crippen LogP contribution in [-0.4, -0.2) is 68.7 Å². The number of H-pyrrole nitrogens is 1. The van der Waals surface area contributed by atoms with Crippen LogP contribution in [-0.2, 0) is 4.79 Å². The zero-order valence-corrected chi connectivity index (χ0v) is 21.5. The summed E-state index contributed by atoms with van der Waals surface area (Å²) in [6, 6.07) is 8.62. The molecule has 0 bridgehead atoms. The van der Waals surface area contributed by atoms with Crippen LogP contribution in [0.15, 0.2) is 47.3 Å². The number of halogens is 2. The molecule has 0 spiro atoms. The van der Waals surface area contributed by atoms with E-state index in [1.165, 1.54) is 9.80 Å². The Labute approximate surface area is 217 Å². The first kappa shape index (κ1) is 26.9.